The number of hydrogen-bond donors (Lipinski definition) is 1. The lowest BCUT2D eigenvalue weighted by atomic mass is 10.1. The van der Waals surface area contributed by atoms with Crippen molar-refractivity contribution < 1.29 is 9.50 Å². The van der Waals surface area contributed by atoms with Gasteiger partial charge < -0.3 is 5.11 Å². The monoisotopic (exact) mass is 307 g/mol. The van der Waals surface area contributed by atoms with Crippen molar-refractivity contribution in [2.45, 2.75) is 23.4 Å². The van der Waals surface area contributed by atoms with Crippen LogP contribution in [0.25, 0.3) is 0 Å². The van der Waals surface area contributed by atoms with E-state index < -0.39 is 0 Å². The molecule has 1 aromatic carbocycles. The molecule has 0 bridgehead atoms. The summed E-state index contributed by atoms with van der Waals surface area (Å²) >= 11 is 3.19. The van der Waals surface area contributed by atoms with Gasteiger partial charge in [0.05, 0.1) is 6.61 Å². The Kier molecular flexibility index (Phi) is 5.60. The van der Waals surface area contributed by atoms with Gasteiger partial charge in [-0.3, -0.25) is 0 Å². The first-order chi connectivity index (χ1) is 9.67. The Balaban J connectivity index is 2.06. The van der Waals surface area contributed by atoms with E-state index in [1.807, 2.05) is 18.4 Å². The minimum atomic E-state index is -0.285. The van der Waals surface area contributed by atoms with Crippen LogP contribution >= 0.6 is 23.1 Å². The Morgan fingerprint density at radius 1 is 1.40 bits per heavy atom. The molecule has 1 aromatic heterocycles. The maximum absolute atomic E-state index is 13.5. The summed E-state index contributed by atoms with van der Waals surface area (Å²) < 4.78 is 14.5. The van der Waals surface area contributed by atoms with Crippen LogP contribution in [0.1, 0.15) is 23.2 Å². The molecule has 0 radical (unpaired) electrons. The van der Waals surface area contributed by atoms with Crippen LogP contribution in [0.15, 0.2) is 27.9 Å². The van der Waals surface area contributed by atoms with Crippen molar-refractivity contribution in [1.29, 1.82) is 0 Å². The first-order valence-corrected chi connectivity index (χ1v) is 7.98. The van der Waals surface area contributed by atoms with E-state index in [0.717, 1.165) is 15.6 Å². The van der Waals surface area contributed by atoms with Crippen LogP contribution in [0.2, 0.25) is 0 Å². The molecule has 0 saturated heterocycles. The van der Waals surface area contributed by atoms with Gasteiger partial charge in [-0.2, -0.15) is 0 Å². The molecule has 0 aliphatic heterocycles. The Morgan fingerprint density at radius 2 is 2.25 bits per heavy atom. The fourth-order valence-electron chi connectivity index (χ4n) is 1.57. The number of thiazole rings is 1. The summed E-state index contributed by atoms with van der Waals surface area (Å²) in [5.74, 6) is 6.04. The van der Waals surface area contributed by atoms with E-state index in [2.05, 4.69) is 16.8 Å². The minimum Gasteiger partial charge on any atom is -0.395 e. The van der Waals surface area contributed by atoms with Gasteiger partial charge in [0.25, 0.3) is 0 Å². The summed E-state index contributed by atoms with van der Waals surface area (Å²) in [6.07, 6.45) is 0.402. The van der Waals surface area contributed by atoms with E-state index in [0.29, 0.717) is 17.7 Å². The van der Waals surface area contributed by atoms with Gasteiger partial charge in [-0.1, -0.05) is 23.6 Å². The van der Waals surface area contributed by atoms with Gasteiger partial charge in [-0.15, -0.1) is 11.3 Å². The number of halogens is 1. The quantitative estimate of drug-likeness (QED) is 0.692. The summed E-state index contributed by atoms with van der Waals surface area (Å²) in [5, 5.41) is 10.7. The van der Waals surface area contributed by atoms with Gasteiger partial charge in [0.2, 0.25) is 0 Å². The molecule has 0 atom stereocenters. The standard InChI is InChI=1S/C15H14FNOS2/c1-11-9-19-15(17-11)20-10-13-6-12(4-2-3-5-18)7-14(16)8-13/h6-9,18H,3,5,10H2,1H3. The number of hydrogen-bond acceptors (Lipinski definition) is 4. The summed E-state index contributed by atoms with van der Waals surface area (Å²) in [5.41, 5.74) is 2.54. The fraction of sp³-hybridized carbons (Fsp3) is 0.267. The second kappa shape index (κ2) is 7.44. The highest BCUT2D eigenvalue weighted by molar-refractivity contribution is 8.00. The van der Waals surface area contributed by atoms with Crippen LogP contribution in [0.5, 0.6) is 0 Å². The average molecular weight is 307 g/mol. The Morgan fingerprint density at radius 3 is 2.95 bits per heavy atom. The highest BCUT2D eigenvalue weighted by atomic mass is 32.2. The van der Waals surface area contributed by atoms with Gasteiger partial charge in [-0.05, 0) is 30.7 Å². The predicted octanol–water partition coefficient (Wildman–Crippen LogP) is 3.62. The molecular weight excluding hydrogens is 293 g/mol. The molecule has 2 nitrogen and oxygen atoms in total. The normalized spacial score (nSPS) is 10.2. The molecule has 0 aliphatic rings. The molecule has 1 heterocycles. The van der Waals surface area contributed by atoms with Crippen LogP contribution in [0.3, 0.4) is 0 Å². The third kappa shape index (κ3) is 4.64. The van der Waals surface area contributed by atoms with Crippen molar-refractivity contribution in [3.63, 3.8) is 0 Å². The van der Waals surface area contributed by atoms with E-state index in [-0.39, 0.29) is 12.4 Å². The molecule has 0 saturated carbocycles. The number of thioether (sulfide) groups is 1. The van der Waals surface area contributed by atoms with Gasteiger partial charge in [-0.25, -0.2) is 9.37 Å². The summed E-state index contributed by atoms with van der Waals surface area (Å²) in [6.45, 7) is 1.98. The highest BCUT2D eigenvalue weighted by Crippen LogP contribution is 2.26. The molecule has 2 rings (SSSR count). The third-order valence-electron chi connectivity index (χ3n) is 2.39. The molecule has 0 amide bonds. The summed E-state index contributed by atoms with van der Waals surface area (Å²) in [6, 6.07) is 4.80. The number of aliphatic hydroxyl groups is 1. The fourth-order valence-corrected chi connectivity index (χ4v) is 3.35. The maximum atomic E-state index is 13.5. The number of rotatable bonds is 4. The predicted molar refractivity (Wildman–Crippen MR) is 81.4 cm³/mol. The van der Waals surface area contributed by atoms with Crippen LogP contribution in [-0.4, -0.2) is 16.7 Å². The zero-order chi connectivity index (χ0) is 14.4. The van der Waals surface area contributed by atoms with Crippen LogP contribution < -0.4 is 0 Å². The van der Waals surface area contributed by atoms with E-state index in [9.17, 15) is 4.39 Å². The lowest BCUT2D eigenvalue weighted by molar-refractivity contribution is 0.305. The molecule has 104 valence electrons. The summed E-state index contributed by atoms with van der Waals surface area (Å²) in [7, 11) is 0. The minimum absolute atomic E-state index is 0.0222. The first kappa shape index (κ1) is 15.0. The number of aryl methyl sites for hydroxylation is 1. The van der Waals surface area contributed by atoms with Crippen molar-refractivity contribution in [3.8, 4) is 11.8 Å². The average Bonchev–Trinajstić information content (AvgIpc) is 2.82. The Labute approximate surface area is 126 Å². The molecule has 5 heteroatoms. The van der Waals surface area contributed by atoms with E-state index in [1.54, 1.807) is 23.1 Å². The maximum Gasteiger partial charge on any atom is 0.150 e. The molecule has 0 aliphatic carbocycles. The smallest absolute Gasteiger partial charge is 0.150 e. The number of aliphatic hydroxyl groups excluding tert-OH is 1. The van der Waals surface area contributed by atoms with E-state index in [4.69, 9.17) is 5.11 Å². The van der Waals surface area contributed by atoms with Crippen LogP contribution in [0.4, 0.5) is 4.39 Å². The number of aromatic nitrogens is 1. The van der Waals surface area contributed by atoms with Gasteiger partial charge >= 0.3 is 0 Å². The van der Waals surface area contributed by atoms with E-state index in [1.165, 1.54) is 12.1 Å². The van der Waals surface area contributed by atoms with Crippen molar-refractivity contribution in [1.82, 2.24) is 4.98 Å². The molecular formula is C15H14FNOS2. The van der Waals surface area contributed by atoms with Crippen molar-refractivity contribution >= 4 is 23.1 Å². The van der Waals surface area contributed by atoms with Crippen molar-refractivity contribution in [3.05, 3.63) is 46.2 Å². The van der Waals surface area contributed by atoms with Crippen LogP contribution in [0, 0.1) is 24.6 Å². The SMILES string of the molecule is Cc1csc(SCc2cc(F)cc(C#CCCO)c2)n1. The van der Waals surface area contributed by atoms with Gasteiger partial charge in [0.15, 0.2) is 0 Å². The first-order valence-electron chi connectivity index (χ1n) is 6.11. The zero-order valence-electron chi connectivity index (χ0n) is 11.0. The number of benzene rings is 1. The molecule has 0 unspecified atom stereocenters. The van der Waals surface area contributed by atoms with Gasteiger partial charge in [0, 0.05) is 28.8 Å². The molecule has 20 heavy (non-hydrogen) atoms. The number of nitrogens with zero attached hydrogens (tertiary/aromatic N) is 1. The second-order valence-electron chi connectivity index (χ2n) is 4.17. The largest absolute Gasteiger partial charge is 0.395 e. The molecule has 2 aromatic rings. The van der Waals surface area contributed by atoms with E-state index >= 15 is 0 Å². The molecule has 0 spiro atoms. The molecule has 1 N–H and O–H groups in total. The third-order valence-corrected chi connectivity index (χ3v) is 4.60. The van der Waals surface area contributed by atoms with Crippen molar-refractivity contribution in [2.75, 3.05) is 6.61 Å². The summed E-state index contributed by atoms with van der Waals surface area (Å²) in [4.78, 5) is 4.36. The second-order valence-corrected chi connectivity index (χ2v) is 6.25. The van der Waals surface area contributed by atoms with Crippen molar-refractivity contribution in [2.24, 2.45) is 0 Å². The van der Waals surface area contributed by atoms with Gasteiger partial charge in [0.1, 0.15) is 10.2 Å². The zero-order valence-corrected chi connectivity index (χ0v) is 12.7. The lowest BCUT2D eigenvalue weighted by Gasteiger charge is -2.01. The lowest BCUT2D eigenvalue weighted by Crippen LogP contribution is -1.87. The Bertz CT molecular complexity index is 643. The highest BCUT2D eigenvalue weighted by Gasteiger charge is 2.03. The molecule has 0 fully saturated rings. The Hall–Kier alpha value is -1.35. The topological polar surface area (TPSA) is 33.1 Å². The van der Waals surface area contributed by atoms with Crippen LogP contribution in [-0.2, 0) is 5.75 Å².